The van der Waals surface area contributed by atoms with Gasteiger partial charge in [-0.1, -0.05) is 0 Å². The molecule has 2 aromatic rings. The van der Waals surface area contributed by atoms with Crippen molar-refractivity contribution in [3.05, 3.63) is 58.1 Å². The van der Waals surface area contributed by atoms with Gasteiger partial charge in [0.25, 0.3) is 5.69 Å². The summed E-state index contributed by atoms with van der Waals surface area (Å²) in [4.78, 5) is 10.3. The lowest BCUT2D eigenvalue weighted by Crippen LogP contribution is -2.48. The maximum atomic E-state index is 13.3. The van der Waals surface area contributed by atoms with Gasteiger partial charge in [-0.3, -0.25) is 15.5 Å². The maximum absolute atomic E-state index is 13.3. The molecule has 0 bridgehead atoms. The predicted octanol–water partition coefficient (Wildman–Crippen LogP) is 2.54. The molecule has 2 N–H and O–H groups in total. The van der Waals surface area contributed by atoms with Crippen LogP contribution < -0.4 is 5.43 Å². The first-order chi connectivity index (χ1) is 14.2. The Labute approximate surface area is 174 Å². The average molecular weight is 434 g/mol. The van der Waals surface area contributed by atoms with Gasteiger partial charge in [-0.15, -0.1) is 0 Å². The molecule has 10 nitrogen and oxygen atoms in total. The molecule has 30 heavy (non-hydrogen) atoms. The van der Waals surface area contributed by atoms with Crippen molar-refractivity contribution >= 4 is 27.6 Å². The van der Waals surface area contributed by atoms with Crippen molar-refractivity contribution in [3.63, 3.8) is 0 Å². The fourth-order valence-electron chi connectivity index (χ4n) is 3.13. The summed E-state index contributed by atoms with van der Waals surface area (Å²) in [6.45, 7) is 3.83. The van der Waals surface area contributed by atoms with E-state index in [2.05, 4.69) is 10.5 Å². The van der Waals surface area contributed by atoms with Gasteiger partial charge in [0, 0.05) is 25.2 Å². The molecule has 1 saturated heterocycles. The van der Waals surface area contributed by atoms with Crippen LogP contribution in [0.25, 0.3) is 0 Å². The first-order valence-electron chi connectivity index (χ1n) is 9.19. The van der Waals surface area contributed by atoms with E-state index in [4.69, 9.17) is 4.74 Å². The summed E-state index contributed by atoms with van der Waals surface area (Å²) in [7, 11) is -4.04. The Kier molecular flexibility index (Phi) is 6.34. The van der Waals surface area contributed by atoms with Gasteiger partial charge >= 0.3 is 0 Å². The second-order valence-corrected chi connectivity index (χ2v) is 8.88. The summed E-state index contributed by atoms with van der Waals surface area (Å²) < 4.78 is 33.4. The summed E-state index contributed by atoms with van der Waals surface area (Å²) in [6.07, 6.45) is 0.841. The highest BCUT2D eigenvalue weighted by Crippen LogP contribution is 2.30. The number of nitro benzene ring substituents is 1. The number of phenols is 1. The highest BCUT2D eigenvalue weighted by molar-refractivity contribution is 7.89. The van der Waals surface area contributed by atoms with E-state index in [9.17, 15) is 23.6 Å². The number of phenolic OH excluding ortho intramolecular Hbond substituents is 1. The molecule has 11 heteroatoms. The third-order valence-corrected chi connectivity index (χ3v) is 6.34. The lowest BCUT2D eigenvalue weighted by Gasteiger charge is -2.34. The van der Waals surface area contributed by atoms with Crippen molar-refractivity contribution in [1.82, 2.24) is 4.31 Å². The van der Waals surface area contributed by atoms with E-state index in [1.807, 2.05) is 0 Å². The number of nitrogens with one attached hydrogen (secondary N) is 1. The number of aromatic hydroxyl groups is 1. The number of anilines is 1. The van der Waals surface area contributed by atoms with Crippen molar-refractivity contribution < 1.29 is 23.2 Å². The molecule has 3 rings (SSSR count). The van der Waals surface area contributed by atoms with Gasteiger partial charge in [-0.25, -0.2) is 8.42 Å². The summed E-state index contributed by atoms with van der Waals surface area (Å²) in [5, 5.41) is 24.6. The lowest BCUT2D eigenvalue weighted by atomic mass is 10.2. The zero-order valence-electron chi connectivity index (χ0n) is 16.4. The SMILES string of the molecule is C[C@H]1CN(S(=O)(=O)c2cc([N+](=O)[O-])ccc2N/N=C\c2ccc(O)cc2)C[C@H](C)O1. The number of nitrogens with zero attached hydrogens (tertiary/aromatic N) is 3. The van der Waals surface area contributed by atoms with Crippen LogP contribution in [-0.2, 0) is 14.8 Å². The van der Waals surface area contributed by atoms with E-state index in [0.717, 1.165) is 6.07 Å². The van der Waals surface area contributed by atoms with Crippen LogP contribution >= 0.6 is 0 Å². The Morgan fingerprint density at radius 1 is 1.20 bits per heavy atom. The van der Waals surface area contributed by atoms with Crippen molar-refractivity contribution in [1.29, 1.82) is 0 Å². The highest BCUT2D eigenvalue weighted by atomic mass is 32.2. The smallest absolute Gasteiger partial charge is 0.270 e. The maximum Gasteiger partial charge on any atom is 0.270 e. The van der Waals surface area contributed by atoms with Gasteiger partial charge < -0.3 is 9.84 Å². The molecule has 1 aliphatic rings. The fourth-order valence-corrected chi connectivity index (χ4v) is 4.88. The Bertz CT molecular complexity index is 1050. The minimum absolute atomic E-state index is 0.109. The number of rotatable bonds is 6. The molecule has 0 aliphatic carbocycles. The van der Waals surface area contributed by atoms with Crippen molar-refractivity contribution in [2.45, 2.75) is 31.0 Å². The van der Waals surface area contributed by atoms with E-state index in [0.29, 0.717) is 5.56 Å². The Balaban J connectivity index is 1.94. The number of benzene rings is 2. The molecule has 160 valence electrons. The van der Waals surface area contributed by atoms with Crippen LogP contribution in [0.1, 0.15) is 19.4 Å². The van der Waals surface area contributed by atoms with Gasteiger partial charge in [-0.05, 0) is 49.7 Å². The fraction of sp³-hybridized carbons (Fsp3) is 0.316. The van der Waals surface area contributed by atoms with Crippen molar-refractivity contribution in [2.24, 2.45) is 5.10 Å². The summed E-state index contributed by atoms with van der Waals surface area (Å²) in [6, 6.07) is 9.79. The molecule has 1 heterocycles. The van der Waals surface area contributed by atoms with Crippen LogP contribution in [0, 0.1) is 10.1 Å². The quantitative estimate of drug-likeness (QED) is 0.405. The normalized spacial score (nSPS) is 20.3. The van der Waals surface area contributed by atoms with Crippen LogP contribution in [-0.4, -0.2) is 54.3 Å². The molecule has 1 fully saturated rings. The molecule has 0 spiro atoms. The van der Waals surface area contributed by atoms with E-state index in [-0.39, 0.29) is 47.3 Å². The third-order valence-electron chi connectivity index (χ3n) is 4.47. The zero-order valence-corrected chi connectivity index (χ0v) is 17.2. The molecular formula is C19H22N4O6S. The molecular weight excluding hydrogens is 412 g/mol. The molecule has 0 saturated carbocycles. The number of non-ortho nitro benzene ring substituents is 1. The van der Waals surface area contributed by atoms with Crippen LogP contribution in [0.3, 0.4) is 0 Å². The predicted molar refractivity (Wildman–Crippen MR) is 111 cm³/mol. The standard InChI is InChI=1S/C19H22N4O6S/c1-13-11-22(12-14(2)29-13)30(27,28)19-9-16(23(25)26)5-8-18(19)21-20-10-15-3-6-17(24)7-4-15/h3-10,13-14,21,24H,11-12H2,1-2H3/b20-10-/t13-,14-/m0/s1. The van der Waals surface area contributed by atoms with Gasteiger partial charge in [0.1, 0.15) is 10.6 Å². The van der Waals surface area contributed by atoms with E-state index in [1.165, 1.54) is 34.8 Å². The van der Waals surface area contributed by atoms with E-state index >= 15 is 0 Å². The Morgan fingerprint density at radius 3 is 2.43 bits per heavy atom. The molecule has 0 radical (unpaired) electrons. The number of nitro groups is 1. The monoisotopic (exact) mass is 434 g/mol. The lowest BCUT2D eigenvalue weighted by molar-refractivity contribution is -0.385. The largest absolute Gasteiger partial charge is 0.508 e. The number of morpholine rings is 1. The number of hydrogen-bond acceptors (Lipinski definition) is 8. The average Bonchev–Trinajstić information content (AvgIpc) is 2.68. The van der Waals surface area contributed by atoms with Gasteiger partial charge in [0.2, 0.25) is 10.0 Å². The third kappa shape index (κ3) is 4.93. The molecule has 0 unspecified atom stereocenters. The van der Waals surface area contributed by atoms with Crippen LogP contribution in [0.2, 0.25) is 0 Å². The number of hydrazone groups is 1. The minimum atomic E-state index is -4.04. The van der Waals surface area contributed by atoms with Crippen molar-refractivity contribution in [2.75, 3.05) is 18.5 Å². The number of hydrogen-bond donors (Lipinski definition) is 2. The Morgan fingerprint density at radius 2 is 1.83 bits per heavy atom. The first kappa shape index (κ1) is 21.7. The summed E-state index contributed by atoms with van der Waals surface area (Å²) in [5.74, 6) is 0.109. The molecule has 0 amide bonds. The summed E-state index contributed by atoms with van der Waals surface area (Å²) >= 11 is 0. The molecule has 0 aromatic heterocycles. The second-order valence-electron chi connectivity index (χ2n) is 6.98. The van der Waals surface area contributed by atoms with Crippen molar-refractivity contribution in [3.8, 4) is 5.75 Å². The molecule has 2 aromatic carbocycles. The number of ether oxygens (including phenoxy) is 1. The summed E-state index contributed by atoms with van der Waals surface area (Å²) in [5.41, 5.74) is 3.10. The highest BCUT2D eigenvalue weighted by Gasteiger charge is 2.34. The number of sulfonamides is 1. The minimum Gasteiger partial charge on any atom is -0.508 e. The van der Waals surface area contributed by atoms with Gasteiger partial charge in [0.05, 0.1) is 29.0 Å². The van der Waals surface area contributed by atoms with E-state index < -0.39 is 14.9 Å². The first-order valence-corrected chi connectivity index (χ1v) is 10.6. The van der Waals surface area contributed by atoms with Crippen LogP contribution in [0.15, 0.2) is 52.5 Å². The molecule has 2 atom stereocenters. The second kappa shape index (κ2) is 8.78. The zero-order chi connectivity index (χ0) is 21.9. The van der Waals surface area contributed by atoms with E-state index in [1.54, 1.807) is 26.0 Å². The topological polar surface area (TPSA) is 134 Å². The van der Waals surface area contributed by atoms with Crippen LogP contribution in [0.4, 0.5) is 11.4 Å². The molecule has 1 aliphatic heterocycles. The van der Waals surface area contributed by atoms with Crippen LogP contribution in [0.5, 0.6) is 5.75 Å². The van der Waals surface area contributed by atoms with Gasteiger partial charge in [0.15, 0.2) is 0 Å². The van der Waals surface area contributed by atoms with Gasteiger partial charge in [-0.2, -0.15) is 9.41 Å². The Hall–Kier alpha value is -3.02.